The van der Waals surface area contributed by atoms with Gasteiger partial charge in [0.25, 0.3) is 0 Å². The Morgan fingerprint density at radius 2 is 2.29 bits per heavy atom. The number of benzene rings is 1. The lowest BCUT2D eigenvalue weighted by Gasteiger charge is -2.07. The summed E-state index contributed by atoms with van der Waals surface area (Å²) in [5.41, 5.74) is 3.79. The van der Waals surface area contributed by atoms with E-state index in [1.54, 1.807) is 17.4 Å². The Balaban J connectivity index is 2.16. The molecule has 0 spiro atoms. The molecule has 0 amide bonds. The Morgan fingerprint density at radius 3 is 2.90 bits per heavy atom. The van der Waals surface area contributed by atoms with Crippen molar-refractivity contribution in [2.75, 3.05) is 0 Å². The molecule has 21 heavy (non-hydrogen) atoms. The smallest absolute Gasteiger partial charge is 0.159 e. The number of hydrogen-bond acceptors (Lipinski definition) is 3. The maximum Gasteiger partial charge on any atom is 0.159 e. The van der Waals surface area contributed by atoms with Crippen LogP contribution in [0.1, 0.15) is 22.5 Å². The zero-order chi connectivity index (χ0) is 15.0. The van der Waals surface area contributed by atoms with E-state index in [9.17, 15) is 4.39 Å². The molecule has 0 fully saturated rings. The van der Waals surface area contributed by atoms with E-state index in [0.29, 0.717) is 17.7 Å². The van der Waals surface area contributed by atoms with Crippen molar-refractivity contribution in [3.05, 3.63) is 50.0 Å². The van der Waals surface area contributed by atoms with E-state index in [4.69, 9.17) is 5.26 Å². The van der Waals surface area contributed by atoms with Crippen molar-refractivity contribution in [3.8, 4) is 6.07 Å². The van der Waals surface area contributed by atoms with Gasteiger partial charge in [-0.15, -0.1) is 11.3 Å². The molecule has 3 aromatic rings. The third-order valence-electron chi connectivity index (χ3n) is 3.50. The minimum absolute atomic E-state index is 0.401. The van der Waals surface area contributed by atoms with Gasteiger partial charge in [0, 0.05) is 27.5 Å². The summed E-state index contributed by atoms with van der Waals surface area (Å²) < 4.78 is 16.2. The first-order valence-electron chi connectivity index (χ1n) is 6.31. The monoisotopic (exact) mass is 363 g/mol. The summed E-state index contributed by atoms with van der Waals surface area (Å²) in [5, 5.41) is 11.9. The van der Waals surface area contributed by atoms with E-state index in [2.05, 4.69) is 31.6 Å². The van der Waals surface area contributed by atoms with Gasteiger partial charge in [0.15, 0.2) is 3.92 Å². The first-order chi connectivity index (χ1) is 10.1. The average molecular weight is 364 g/mol. The van der Waals surface area contributed by atoms with Gasteiger partial charge in [0.2, 0.25) is 0 Å². The quantitative estimate of drug-likeness (QED) is 0.684. The van der Waals surface area contributed by atoms with Crippen LogP contribution in [-0.2, 0) is 13.2 Å². The fourth-order valence-electron chi connectivity index (χ4n) is 2.50. The molecule has 0 aliphatic heterocycles. The molecule has 0 aliphatic carbocycles. The summed E-state index contributed by atoms with van der Waals surface area (Å²) in [7, 11) is 0. The summed E-state index contributed by atoms with van der Waals surface area (Å²) in [6.07, 6.45) is 0. The van der Waals surface area contributed by atoms with Crippen molar-refractivity contribution < 1.29 is 4.39 Å². The maximum atomic E-state index is 13.3. The molecular weight excluding hydrogens is 353 g/mol. The fraction of sp³-hybridized carbons (Fsp3) is 0.200. The summed E-state index contributed by atoms with van der Waals surface area (Å²) in [6.45, 7) is 1.98. The Kier molecular flexibility index (Phi) is 3.79. The van der Waals surface area contributed by atoms with Crippen LogP contribution in [0.15, 0.2) is 27.5 Å². The molecular formula is C15H11BrFN3S. The van der Waals surface area contributed by atoms with Crippen LogP contribution in [-0.4, -0.2) is 9.55 Å². The number of thiazole rings is 1. The minimum atomic E-state index is -0.633. The molecule has 3 rings (SSSR count). The average Bonchev–Trinajstić information content (AvgIpc) is 3.02. The Hall–Kier alpha value is -1.71. The molecule has 106 valence electrons. The van der Waals surface area contributed by atoms with Crippen molar-refractivity contribution >= 4 is 38.2 Å². The summed E-state index contributed by atoms with van der Waals surface area (Å²) in [4.78, 5) is 4.40. The van der Waals surface area contributed by atoms with Crippen LogP contribution in [0.4, 0.5) is 4.39 Å². The number of rotatable bonds is 3. The normalized spacial score (nSPS) is 11.0. The van der Waals surface area contributed by atoms with Gasteiger partial charge in [-0.05, 0) is 41.1 Å². The van der Waals surface area contributed by atoms with Crippen LogP contribution in [0.2, 0.25) is 0 Å². The highest BCUT2D eigenvalue weighted by atomic mass is 79.9. The van der Waals surface area contributed by atoms with Gasteiger partial charge in [-0.3, -0.25) is 0 Å². The number of hydrogen-bond donors (Lipinski definition) is 0. The van der Waals surface area contributed by atoms with Crippen LogP contribution in [0.5, 0.6) is 0 Å². The van der Waals surface area contributed by atoms with Gasteiger partial charge in [-0.25, -0.2) is 9.37 Å². The SMILES string of the molecule is Cc1cc2c(CF)c(C#N)ccc2n1Cc1csc(Br)n1. The molecule has 0 aliphatic rings. The number of halogens is 2. The van der Waals surface area contributed by atoms with Crippen LogP contribution in [0.3, 0.4) is 0 Å². The molecule has 0 atom stereocenters. The van der Waals surface area contributed by atoms with Crippen LogP contribution in [0.25, 0.3) is 10.9 Å². The second kappa shape index (κ2) is 5.58. The van der Waals surface area contributed by atoms with E-state index in [-0.39, 0.29) is 0 Å². The van der Waals surface area contributed by atoms with Crippen LogP contribution in [0, 0.1) is 18.3 Å². The molecule has 0 saturated heterocycles. The third-order valence-corrected chi connectivity index (χ3v) is 4.92. The summed E-state index contributed by atoms with van der Waals surface area (Å²) >= 11 is 4.90. The second-order valence-electron chi connectivity index (χ2n) is 4.73. The number of aromatic nitrogens is 2. The highest BCUT2D eigenvalue weighted by Crippen LogP contribution is 2.28. The predicted octanol–water partition coefficient (Wildman–Crippen LogP) is 4.56. The lowest BCUT2D eigenvalue weighted by molar-refractivity contribution is 0.487. The van der Waals surface area contributed by atoms with Gasteiger partial charge in [-0.2, -0.15) is 5.26 Å². The molecule has 6 heteroatoms. The van der Waals surface area contributed by atoms with Gasteiger partial charge >= 0.3 is 0 Å². The lowest BCUT2D eigenvalue weighted by atomic mass is 10.0. The first kappa shape index (κ1) is 14.2. The topological polar surface area (TPSA) is 41.6 Å². The highest BCUT2D eigenvalue weighted by Gasteiger charge is 2.14. The summed E-state index contributed by atoms with van der Waals surface area (Å²) in [6, 6.07) is 7.55. The minimum Gasteiger partial charge on any atom is -0.339 e. The first-order valence-corrected chi connectivity index (χ1v) is 7.99. The van der Waals surface area contributed by atoms with E-state index in [0.717, 1.165) is 26.2 Å². The lowest BCUT2D eigenvalue weighted by Crippen LogP contribution is -2.02. The number of fused-ring (bicyclic) bond motifs is 1. The Morgan fingerprint density at radius 1 is 1.48 bits per heavy atom. The van der Waals surface area contributed by atoms with Crippen molar-refractivity contribution in [2.45, 2.75) is 20.1 Å². The number of aryl methyl sites for hydroxylation is 1. The Bertz CT molecular complexity index is 860. The molecule has 2 aromatic heterocycles. The standard InChI is InChI=1S/C15H11BrFN3S/c1-9-4-12-13(5-17)10(6-18)2-3-14(12)20(9)7-11-8-21-15(16)19-11/h2-4,8H,5,7H2,1H3. The zero-order valence-corrected chi connectivity index (χ0v) is 13.6. The Labute approximate surface area is 133 Å². The van der Waals surface area contributed by atoms with Gasteiger partial charge in [0.1, 0.15) is 6.67 Å². The van der Waals surface area contributed by atoms with E-state index < -0.39 is 6.67 Å². The number of alkyl halides is 1. The fourth-order valence-corrected chi connectivity index (χ4v) is 3.54. The van der Waals surface area contributed by atoms with Gasteiger partial charge < -0.3 is 4.57 Å². The predicted molar refractivity (Wildman–Crippen MR) is 85.1 cm³/mol. The van der Waals surface area contributed by atoms with Crippen molar-refractivity contribution in [1.29, 1.82) is 5.26 Å². The van der Waals surface area contributed by atoms with E-state index in [1.165, 1.54) is 0 Å². The maximum absolute atomic E-state index is 13.3. The van der Waals surface area contributed by atoms with E-state index in [1.807, 2.05) is 24.4 Å². The molecule has 0 radical (unpaired) electrons. The summed E-state index contributed by atoms with van der Waals surface area (Å²) in [5.74, 6) is 0. The molecule has 1 aromatic carbocycles. The second-order valence-corrected chi connectivity index (χ2v) is 6.87. The van der Waals surface area contributed by atoms with Crippen molar-refractivity contribution in [2.24, 2.45) is 0 Å². The van der Waals surface area contributed by atoms with E-state index >= 15 is 0 Å². The highest BCUT2D eigenvalue weighted by molar-refractivity contribution is 9.11. The molecule has 0 saturated carbocycles. The van der Waals surface area contributed by atoms with Gasteiger partial charge in [-0.1, -0.05) is 0 Å². The largest absolute Gasteiger partial charge is 0.339 e. The molecule has 0 N–H and O–H groups in total. The number of nitrogens with zero attached hydrogens (tertiary/aromatic N) is 3. The van der Waals surface area contributed by atoms with Crippen LogP contribution < -0.4 is 0 Å². The van der Waals surface area contributed by atoms with Gasteiger partial charge in [0.05, 0.1) is 23.9 Å². The molecule has 3 nitrogen and oxygen atoms in total. The van der Waals surface area contributed by atoms with Crippen molar-refractivity contribution in [3.63, 3.8) is 0 Å². The zero-order valence-electron chi connectivity index (χ0n) is 11.2. The molecule has 2 heterocycles. The molecule has 0 bridgehead atoms. The van der Waals surface area contributed by atoms with Crippen LogP contribution >= 0.6 is 27.3 Å². The third kappa shape index (κ3) is 2.47. The number of nitriles is 1. The molecule has 0 unspecified atom stereocenters. The van der Waals surface area contributed by atoms with Crippen molar-refractivity contribution in [1.82, 2.24) is 9.55 Å².